The summed E-state index contributed by atoms with van der Waals surface area (Å²) in [6, 6.07) is 5.36. The lowest BCUT2D eigenvalue weighted by Gasteiger charge is -2.12. The molecule has 1 saturated carbocycles. The second-order valence-electron chi connectivity index (χ2n) is 5.48. The molecule has 20 heavy (non-hydrogen) atoms. The van der Waals surface area contributed by atoms with Crippen LogP contribution in [0.1, 0.15) is 48.5 Å². The van der Waals surface area contributed by atoms with Crippen molar-refractivity contribution >= 4 is 16.6 Å². The van der Waals surface area contributed by atoms with Gasteiger partial charge in [0.1, 0.15) is 5.75 Å². The minimum atomic E-state index is -0.886. The number of benzene rings is 1. The van der Waals surface area contributed by atoms with Crippen LogP contribution in [0, 0.1) is 5.92 Å². The van der Waals surface area contributed by atoms with Gasteiger partial charge < -0.3 is 4.74 Å². The summed E-state index contributed by atoms with van der Waals surface area (Å²) in [5.41, 5.74) is 1.52. The van der Waals surface area contributed by atoms with Gasteiger partial charge in [-0.1, -0.05) is 12.8 Å². The van der Waals surface area contributed by atoms with Crippen molar-refractivity contribution in [3.63, 3.8) is 0 Å². The monoisotopic (exact) mass is 294 g/mol. The van der Waals surface area contributed by atoms with Crippen LogP contribution in [0.15, 0.2) is 18.2 Å². The van der Waals surface area contributed by atoms with Crippen LogP contribution in [0.5, 0.6) is 5.75 Å². The smallest absolute Gasteiger partial charge is 0.159 e. The average Bonchev–Trinajstić information content (AvgIpc) is 2.91. The van der Waals surface area contributed by atoms with E-state index in [2.05, 4.69) is 0 Å². The number of hydrogen-bond acceptors (Lipinski definition) is 3. The largest absolute Gasteiger partial charge is 0.496 e. The number of rotatable bonds is 6. The van der Waals surface area contributed by atoms with Crippen molar-refractivity contribution in [2.24, 2.45) is 5.92 Å². The van der Waals surface area contributed by atoms with Gasteiger partial charge in [0.15, 0.2) is 5.78 Å². The lowest BCUT2D eigenvalue weighted by molar-refractivity contribution is 0.101. The minimum absolute atomic E-state index is 0.0236. The first-order chi connectivity index (χ1) is 9.60. The predicted molar refractivity (Wildman–Crippen MR) is 81.7 cm³/mol. The Bertz CT molecular complexity index is 504. The summed E-state index contributed by atoms with van der Waals surface area (Å²) >= 11 is 0. The van der Waals surface area contributed by atoms with Gasteiger partial charge in [-0.3, -0.25) is 9.00 Å². The molecule has 0 aromatic heterocycles. The summed E-state index contributed by atoms with van der Waals surface area (Å²) < 4.78 is 17.6. The maximum Gasteiger partial charge on any atom is 0.159 e. The van der Waals surface area contributed by atoms with Gasteiger partial charge in [-0.15, -0.1) is 0 Å². The number of ketones is 1. The van der Waals surface area contributed by atoms with E-state index in [-0.39, 0.29) is 5.78 Å². The lowest BCUT2D eigenvalue weighted by Crippen LogP contribution is -2.10. The molecule has 1 fully saturated rings. The molecule has 1 unspecified atom stereocenters. The SMILES string of the molecule is COc1ccc(C(C)=O)cc1CS(=O)CC1CCCC1. The van der Waals surface area contributed by atoms with E-state index in [9.17, 15) is 9.00 Å². The molecule has 110 valence electrons. The Morgan fingerprint density at radius 1 is 1.35 bits per heavy atom. The highest BCUT2D eigenvalue weighted by Crippen LogP contribution is 2.27. The normalized spacial score (nSPS) is 17.1. The maximum absolute atomic E-state index is 12.3. The Kier molecular flexibility index (Phi) is 5.35. The van der Waals surface area contributed by atoms with Gasteiger partial charge in [0.2, 0.25) is 0 Å². The van der Waals surface area contributed by atoms with Crippen LogP contribution in [0.4, 0.5) is 0 Å². The van der Waals surface area contributed by atoms with E-state index in [4.69, 9.17) is 4.74 Å². The predicted octanol–water partition coefficient (Wildman–Crippen LogP) is 3.34. The highest BCUT2D eigenvalue weighted by molar-refractivity contribution is 7.84. The van der Waals surface area contributed by atoms with Gasteiger partial charge >= 0.3 is 0 Å². The van der Waals surface area contributed by atoms with Crippen LogP contribution >= 0.6 is 0 Å². The number of hydrogen-bond donors (Lipinski definition) is 0. The average molecular weight is 294 g/mol. The van der Waals surface area contributed by atoms with Crippen LogP contribution < -0.4 is 4.74 Å². The molecule has 0 spiro atoms. The van der Waals surface area contributed by atoms with Crippen LogP contribution in [-0.2, 0) is 16.6 Å². The quantitative estimate of drug-likeness (QED) is 0.756. The van der Waals surface area contributed by atoms with Gasteiger partial charge in [-0.05, 0) is 43.9 Å². The zero-order valence-electron chi connectivity index (χ0n) is 12.2. The first-order valence-corrected chi connectivity index (χ1v) is 8.61. The van der Waals surface area contributed by atoms with E-state index in [0.717, 1.165) is 17.1 Å². The van der Waals surface area contributed by atoms with Crippen molar-refractivity contribution in [3.8, 4) is 5.75 Å². The summed E-state index contributed by atoms with van der Waals surface area (Å²) in [6.45, 7) is 1.54. The van der Waals surface area contributed by atoms with Crippen LogP contribution in [0.2, 0.25) is 0 Å². The number of methoxy groups -OCH3 is 1. The topological polar surface area (TPSA) is 43.4 Å². The molecular weight excluding hydrogens is 272 g/mol. The summed E-state index contributed by atoms with van der Waals surface area (Å²) in [5, 5.41) is 0. The molecule has 1 aliphatic rings. The minimum Gasteiger partial charge on any atom is -0.496 e. The third kappa shape index (κ3) is 3.92. The van der Waals surface area contributed by atoms with Crippen molar-refractivity contribution in [1.82, 2.24) is 0 Å². The molecule has 0 radical (unpaired) electrons. The van der Waals surface area contributed by atoms with Gasteiger partial charge in [0.05, 0.1) is 12.9 Å². The Morgan fingerprint density at radius 2 is 2.05 bits per heavy atom. The van der Waals surface area contributed by atoms with Crippen LogP contribution in [-0.4, -0.2) is 22.9 Å². The molecular formula is C16H22O3S. The fraction of sp³-hybridized carbons (Fsp3) is 0.562. The Balaban J connectivity index is 2.07. The molecule has 2 rings (SSSR count). The fourth-order valence-corrected chi connectivity index (χ4v) is 4.33. The standard InChI is InChI=1S/C16H22O3S/c1-12(17)14-7-8-16(19-2)15(9-14)11-20(18)10-13-5-3-4-6-13/h7-9,13H,3-6,10-11H2,1-2H3. The Hall–Kier alpha value is -1.16. The highest BCUT2D eigenvalue weighted by Gasteiger charge is 2.19. The lowest BCUT2D eigenvalue weighted by atomic mass is 10.1. The molecule has 4 heteroatoms. The summed E-state index contributed by atoms with van der Waals surface area (Å²) in [5.74, 6) is 2.59. The third-order valence-electron chi connectivity index (χ3n) is 3.90. The second kappa shape index (κ2) is 7.02. The van der Waals surface area contributed by atoms with E-state index in [1.165, 1.54) is 25.7 Å². The maximum atomic E-state index is 12.3. The second-order valence-corrected chi connectivity index (χ2v) is 6.99. The van der Waals surface area contributed by atoms with Gasteiger partial charge in [-0.25, -0.2) is 0 Å². The molecule has 1 aliphatic carbocycles. The molecule has 1 aromatic rings. The molecule has 0 bridgehead atoms. The van der Waals surface area contributed by atoms with Gasteiger partial charge in [-0.2, -0.15) is 0 Å². The summed E-state index contributed by atoms with van der Waals surface area (Å²) in [7, 11) is 0.718. The van der Waals surface area contributed by atoms with E-state index in [1.807, 2.05) is 6.07 Å². The molecule has 1 aromatic carbocycles. The van der Waals surface area contributed by atoms with Gasteiger partial charge in [0, 0.05) is 27.7 Å². The van der Waals surface area contributed by atoms with Crippen molar-refractivity contribution in [2.45, 2.75) is 38.4 Å². The molecule has 0 amide bonds. The first-order valence-electron chi connectivity index (χ1n) is 7.13. The molecule has 0 N–H and O–H groups in total. The van der Waals surface area contributed by atoms with E-state index >= 15 is 0 Å². The zero-order valence-corrected chi connectivity index (χ0v) is 13.0. The summed E-state index contributed by atoms with van der Waals surface area (Å²) in [4.78, 5) is 11.4. The number of ether oxygens (including phenoxy) is 1. The molecule has 0 heterocycles. The van der Waals surface area contributed by atoms with Crippen molar-refractivity contribution in [2.75, 3.05) is 12.9 Å². The van der Waals surface area contributed by atoms with Crippen molar-refractivity contribution < 1.29 is 13.7 Å². The summed E-state index contributed by atoms with van der Waals surface area (Å²) in [6.07, 6.45) is 4.95. The third-order valence-corrected chi connectivity index (χ3v) is 5.38. The van der Waals surface area contributed by atoms with E-state index < -0.39 is 10.8 Å². The van der Waals surface area contributed by atoms with Gasteiger partial charge in [0.25, 0.3) is 0 Å². The number of Topliss-reactive ketones (excluding diaryl/α,β-unsaturated/α-hetero) is 1. The van der Waals surface area contributed by atoms with Crippen molar-refractivity contribution in [1.29, 1.82) is 0 Å². The van der Waals surface area contributed by atoms with Crippen molar-refractivity contribution in [3.05, 3.63) is 29.3 Å². The highest BCUT2D eigenvalue weighted by atomic mass is 32.2. The van der Waals surface area contributed by atoms with Crippen LogP contribution in [0.3, 0.4) is 0 Å². The molecule has 0 aliphatic heterocycles. The fourth-order valence-electron chi connectivity index (χ4n) is 2.78. The van der Waals surface area contributed by atoms with E-state index in [1.54, 1.807) is 26.2 Å². The van der Waals surface area contributed by atoms with Crippen LogP contribution in [0.25, 0.3) is 0 Å². The number of carbonyl (C=O) groups is 1. The Labute approximate surface area is 123 Å². The number of carbonyl (C=O) groups excluding carboxylic acids is 1. The molecule has 0 saturated heterocycles. The molecule has 1 atom stereocenters. The first kappa shape index (κ1) is 15.2. The Morgan fingerprint density at radius 3 is 2.65 bits per heavy atom. The van der Waals surface area contributed by atoms with E-state index in [0.29, 0.717) is 17.2 Å². The molecule has 3 nitrogen and oxygen atoms in total. The zero-order chi connectivity index (χ0) is 14.5.